The molecule has 0 aliphatic rings. The number of hydrogen-bond donors (Lipinski definition) is 1. The molecular formula is C21H14ClN5OS. The molecular weight excluding hydrogens is 406 g/mol. The summed E-state index contributed by atoms with van der Waals surface area (Å²) in [6, 6.07) is 19.6. The minimum Gasteiger partial charge on any atom is -0.294 e. The van der Waals surface area contributed by atoms with Crippen LogP contribution in [0, 0.1) is 0 Å². The fourth-order valence-corrected chi connectivity index (χ4v) is 3.92. The van der Waals surface area contributed by atoms with E-state index in [1.165, 1.54) is 0 Å². The Morgan fingerprint density at radius 3 is 2.69 bits per heavy atom. The average molecular weight is 420 g/mol. The number of rotatable bonds is 4. The third kappa shape index (κ3) is 3.46. The zero-order valence-corrected chi connectivity index (χ0v) is 16.6. The van der Waals surface area contributed by atoms with Crippen molar-refractivity contribution in [3.8, 4) is 22.8 Å². The minimum absolute atomic E-state index is 0.196. The van der Waals surface area contributed by atoms with Gasteiger partial charge in [0.15, 0.2) is 5.82 Å². The highest BCUT2D eigenvalue weighted by Crippen LogP contribution is 2.29. The number of aromatic nitrogens is 5. The Kier molecular flexibility index (Phi) is 4.46. The predicted molar refractivity (Wildman–Crippen MR) is 114 cm³/mol. The second-order valence-electron chi connectivity index (χ2n) is 6.50. The lowest BCUT2D eigenvalue weighted by Gasteiger charge is -2.05. The molecule has 6 nitrogen and oxygen atoms in total. The summed E-state index contributed by atoms with van der Waals surface area (Å²) in [6.07, 6.45) is 2.38. The number of nitrogens with zero attached hydrogens (tertiary/aromatic N) is 4. The van der Waals surface area contributed by atoms with Gasteiger partial charge < -0.3 is 0 Å². The number of halogens is 1. The molecule has 0 atom stereocenters. The monoisotopic (exact) mass is 419 g/mol. The summed E-state index contributed by atoms with van der Waals surface area (Å²) in [7, 11) is 0. The maximum absolute atomic E-state index is 11.4. The van der Waals surface area contributed by atoms with E-state index in [2.05, 4.69) is 9.36 Å². The molecule has 4 aromatic heterocycles. The highest BCUT2D eigenvalue weighted by Gasteiger charge is 2.16. The Bertz CT molecular complexity index is 1370. The summed E-state index contributed by atoms with van der Waals surface area (Å²) in [5.74, 6) is 0.483. The zero-order valence-electron chi connectivity index (χ0n) is 15.0. The molecule has 4 heterocycles. The van der Waals surface area contributed by atoms with Gasteiger partial charge in [0.1, 0.15) is 5.69 Å². The molecule has 0 amide bonds. The maximum atomic E-state index is 11.4. The number of fused-ring (bicyclic) bond motifs is 1. The van der Waals surface area contributed by atoms with Crippen molar-refractivity contribution in [3.05, 3.63) is 92.8 Å². The van der Waals surface area contributed by atoms with Crippen molar-refractivity contribution in [2.75, 3.05) is 0 Å². The lowest BCUT2D eigenvalue weighted by atomic mass is 10.0. The largest absolute Gasteiger partial charge is 0.323 e. The van der Waals surface area contributed by atoms with Crippen LogP contribution in [0.25, 0.3) is 28.3 Å². The van der Waals surface area contributed by atoms with E-state index in [-0.39, 0.29) is 4.87 Å². The van der Waals surface area contributed by atoms with Crippen molar-refractivity contribution in [2.24, 2.45) is 0 Å². The third-order valence-electron chi connectivity index (χ3n) is 4.59. The number of hydrogen-bond acceptors (Lipinski definition) is 5. The molecule has 5 rings (SSSR count). The van der Waals surface area contributed by atoms with Crippen molar-refractivity contribution in [3.63, 3.8) is 0 Å². The molecule has 29 heavy (non-hydrogen) atoms. The number of nitrogens with one attached hydrogen (secondary N) is 1. The van der Waals surface area contributed by atoms with Gasteiger partial charge in [-0.15, -0.1) is 0 Å². The van der Waals surface area contributed by atoms with Crippen LogP contribution in [-0.4, -0.2) is 24.0 Å². The van der Waals surface area contributed by atoms with Gasteiger partial charge in [0.05, 0.1) is 16.2 Å². The lowest BCUT2D eigenvalue weighted by Crippen LogP contribution is -1.98. The van der Waals surface area contributed by atoms with Crippen molar-refractivity contribution in [2.45, 2.75) is 6.42 Å². The molecule has 1 N–H and O–H groups in total. The Morgan fingerprint density at radius 2 is 1.90 bits per heavy atom. The molecule has 0 fully saturated rings. The van der Waals surface area contributed by atoms with Crippen molar-refractivity contribution < 1.29 is 0 Å². The first-order chi connectivity index (χ1) is 14.2. The fourth-order valence-electron chi connectivity index (χ4n) is 3.31. The van der Waals surface area contributed by atoms with Crippen LogP contribution in [0.3, 0.4) is 0 Å². The van der Waals surface area contributed by atoms with Crippen LogP contribution in [-0.2, 0) is 6.42 Å². The zero-order chi connectivity index (χ0) is 19.8. The van der Waals surface area contributed by atoms with Gasteiger partial charge in [-0.1, -0.05) is 48.0 Å². The summed E-state index contributed by atoms with van der Waals surface area (Å²) >= 11 is 7.06. The second-order valence-corrected chi connectivity index (χ2v) is 7.68. The van der Waals surface area contributed by atoms with E-state index in [1.54, 1.807) is 6.20 Å². The molecule has 8 heteroatoms. The SMILES string of the molecule is O=c1[nH]c(-c2cccc(Cc3c(-c4ccccc4)nn4cc(Cl)ccc34)n2)ns1. The molecule has 0 spiro atoms. The molecule has 5 aromatic rings. The van der Waals surface area contributed by atoms with Crippen LogP contribution in [0.2, 0.25) is 5.02 Å². The first-order valence-corrected chi connectivity index (χ1v) is 10.1. The van der Waals surface area contributed by atoms with Gasteiger partial charge in [0.25, 0.3) is 0 Å². The first kappa shape index (κ1) is 17.8. The highest BCUT2D eigenvalue weighted by atomic mass is 35.5. The summed E-state index contributed by atoms with van der Waals surface area (Å²) < 4.78 is 5.94. The van der Waals surface area contributed by atoms with Crippen LogP contribution in [0.15, 0.2) is 71.7 Å². The first-order valence-electron chi connectivity index (χ1n) is 8.92. The quantitative estimate of drug-likeness (QED) is 0.467. The Hall–Kier alpha value is -3.29. The van der Waals surface area contributed by atoms with Gasteiger partial charge in [-0.3, -0.25) is 9.78 Å². The summed E-state index contributed by atoms with van der Waals surface area (Å²) in [4.78, 5) is 18.6. The molecule has 0 aliphatic heterocycles. The topological polar surface area (TPSA) is 75.9 Å². The fraction of sp³-hybridized carbons (Fsp3) is 0.0476. The van der Waals surface area contributed by atoms with Gasteiger partial charge in [0, 0.05) is 41.0 Å². The van der Waals surface area contributed by atoms with Crippen molar-refractivity contribution in [1.29, 1.82) is 0 Å². The molecule has 0 aliphatic carbocycles. The van der Waals surface area contributed by atoms with Crippen molar-refractivity contribution >= 4 is 28.7 Å². The molecule has 0 unspecified atom stereocenters. The van der Waals surface area contributed by atoms with Crippen LogP contribution in [0.5, 0.6) is 0 Å². The molecule has 0 saturated carbocycles. The second kappa shape index (κ2) is 7.27. The van der Waals surface area contributed by atoms with E-state index in [0.717, 1.165) is 39.6 Å². The third-order valence-corrected chi connectivity index (χ3v) is 5.36. The highest BCUT2D eigenvalue weighted by molar-refractivity contribution is 7.03. The Balaban J connectivity index is 1.62. The Labute approximate surface area is 174 Å². The molecule has 1 aromatic carbocycles. The lowest BCUT2D eigenvalue weighted by molar-refractivity contribution is 0.966. The van der Waals surface area contributed by atoms with Crippen molar-refractivity contribution in [1.82, 2.24) is 24.0 Å². The van der Waals surface area contributed by atoms with Gasteiger partial charge in [-0.25, -0.2) is 9.50 Å². The normalized spacial score (nSPS) is 11.2. The van der Waals surface area contributed by atoms with Gasteiger partial charge in [0.2, 0.25) is 0 Å². The summed E-state index contributed by atoms with van der Waals surface area (Å²) in [6.45, 7) is 0. The van der Waals surface area contributed by atoms with E-state index in [0.29, 0.717) is 23.0 Å². The van der Waals surface area contributed by atoms with Gasteiger partial charge >= 0.3 is 4.87 Å². The molecule has 0 radical (unpaired) electrons. The smallest absolute Gasteiger partial charge is 0.294 e. The number of H-pyrrole nitrogens is 1. The number of pyridine rings is 2. The van der Waals surface area contributed by atoms with Crippen LogP contribution in [0.4, 0.5) is 0 Å². The van der Waals surface area contributed by atoms with E-state index in [4.69, 9.17) is 21.7 Å². The molecule has 142 valence electrons. The summed E-state index contributed by atoms with van der Waals surface area (Å²) in [5.41, 5.74) is 5.45. The predicted octanol–water partition coefficient (Wildman–Crippen LogP) is 4.45. The maximum Gasteiger partial charge on any atom is 0.323 e. The van der Waals surface area contributed by atoms with E-state index >= 15 is 0 Å². The summed E-state index contributed by atoms with van der Waals surface area (Å²) in [5, 5.41) is 5.39. The van der Waals surface area contributed by atoms with Gasteiger partial charge in [-0.2, -0.15) is 9.47 Å². The Morgan fingerprint density at radius 1 is 1.03 bits per heavy atom. The van der Waals surface area contributed by atoms with Crippen LogP contribution < -0.4 is 4.87 Å². The van der Waals surface area contributed by atoms with Crippen LogP contribution in [0.1, 0.15) is 11.3 Å². The number of benzene rings is 1. The average Bonchev–Trinajstić information content (AvgIpc) is 3.32. The molecule has 0 bridgehead atoms. The van der Waals surface area contributed by atoms with E-state index in [9.17, 15) is 4.79 Å². The standard InChI is InChI=1S/C21H14ClN5OS/c22-14-9-10-18-16(19(25-27(18)12-14)13-5-2-1-3-6-13)11-15-7-4-8-17(23-15)20-24-21(28)29-26-20/h1-10,12H,11H2,(H,24,26,28). The number of aromatic amines is 1. The van der Waals surface area contributed by atoms with Crippen LogP contribution >= 0.6 is 23.1 Å². The minimum atomic E-state index is -0.196. The van der Waals surface area contributed by atoms with Gasteiger partial charge in [-0.05, 0) is 24.3 Å². The van der Waals surface area contributed by atoms with E-state index in [1.807, 2.05) is 65.2 Å². The van der Waals surface area contributed by atoms with E-state index < -0.39 is 0 Å². The molecule has 0 saturated heterocycles.